The topological polar surface area (TPSA) is 21.6 Å². The Labute approximate surface area is 48.9 Å². The van der Waals surface area contributed by atoms with E-state index in [1.165, 1.54) is 0 Å². The molecule has 1 aliphatic heterocycles. The number of allylic oxidation sites excluding steroid dienone is 1. The van der Waals surface area contributed by atoms with Gasteiger partial charge in [0.2, 0.25) is 0 Å². The summed E-state index contributed by atoms with van der Waals surface area (Å²) in [4.78, 5) is 4.04. The van der Waals surface area contributed by atoms with Crippen molar-refractivity contribution in [3.05, 3.63) is 11.8 Å². The summed E-state index contributed by atoms with van der Waals surface area (Å²) in [5.74, 6) is 0. The van der Waals surface area contributed by atoms with Crippen LogP contribution in [0, 0.1) is 0 Å². The van der Waals surface area contributed by atoms with Crippen LogP contribution in [0.1, 0.15) is 6.42 Å². The molecule has 2 heteroatoms. The third kappa shape index (κ3) is 1.17. The van der Waals surface area contributed by atoms with E-state index in [1.807, 2.05) is 6.21 Å². The second kappa shape index (κ2) is 2.62. The molecule has 0 amide bonds. The fourth-order valence-corrected chi connectivity index (χ4v) is 0.655. The Morgan fingerprint density at radius 2 is 2.75 bits per heavy atom. The van der Waals surface area contributed by atoms with Crippen LogP contribution in [0.2, 0.25) is 0 Å². The number of hydrogen-bond donors (Lipinski definition) is 0. The Balaban J connectivity index is 2.34. The average Bonchev–Trinajstić information content (AvgIpc) is 2.19. The minimum Gasteiger partial charge on any atom is -0.378 e. The third-order valence-electron chi connectivity index (χ3n) is 1.01. The van der Waals surface area contributed by atoms with Gasteiger partial charge in [-0.2, -0.15) is 0 Å². The number of aliphatic imine (C=N–C) groups is 1. The highest BCUT2D eigenvalue weighted by Gasteiger charge is 1.95. The molecule has 44 valence electrons. The van der Waals surface area contributed by atoms with Gasteiger partial charge in [-0.15, -0.1) is 0 Å². The van der Waals surface area contributed by atoms with Gasteiger partial charge in [-0.1, -0.05) is 6.08 Å². The molecule has 0 saturated carbocycles. The highest BCUT2D eigenvalue weighted by atomic mass is 16.5. The molecule has 8 heavy (non-hydrogen) atoms. The maximum atomic E-state index is 4.84. The Bertz CT molecular complexity index is 126. The van der Waals surface area contributed by atoms with Crippen molar-refractivity contribution in [3.63, 3.8) is 0 Å². The monoisotopic (exact) mass is 111 g/mol. The molecular formula is C6H9NO. The summed E-state index contributed by atoms with van der Waals surface area (Å²) in [6, 6.07) is 0. The van der Waals surface area contributed by atoms with Crippen LogP contribution in [0.25, 0.3) is 0 Å². The molecule has 0 radical (unpaired) electrons. The zero-order valence-corrected chi connectivity index (χ0v) is 4.92. The standard InChI is InChI=1S/C6H9NO/c1-8-5-6-3-2-4-7-6/h3-4H,2,5H2,1H3. The molecule has 0 aromatic rings. The molecule has 0 saturated heterocycles. The van der Waals surface area contributed by atoms with Crippen LogP contribution < -0.4 is 0 Å². The summed E-state index contributed by atoms with van der Waals surface area (Å²) < 4.78 is 4.84. The van der Waals surface area contributed by atoms with Gasteiger partial charge in [-0.3, -0.25) is 4.99 Å². The van der Waals surface area contributed by atoms with Gasteiger partial charge in [0, 0.05) is 19.7 Å². The van der Waals surface area contributed by atoms with Crippen molar-refractivity contribution in [2.45, 2.75) is 6.42 Å². The predicted octanol–water partition coefficient (Wildman–Crippen LogP) is 0.991. The lowest BCUT2D eigenvalue weighted by atomic mass is 10.4. The molecule has 2 nitrogen and oxygen atoms in total. The molecule has 1 aliphatic rings. The van der Waals surface area contributed by atoms with Crippen LogP contribution in [-0.2, 0) is 4.74 Å². The number of hydrogen-bond acceptors (Lipinski definition) is 2. The molecule has 0 aromatic heterocycles. The van der Waals surface area contributed by atoms with E-state index in [-0.39, 0.29) is 0 Å². The van der Waals surface area contributed by atoms with Crippen molar-refractivity contribution < 1.29 is 4.74 Å². The van der Waals surface area contributed by atoms with Crippen LogP contribution in [-0.4, -0.2) is 19.9 Å². The van der Waals surface area contributed by atoms with Crippen LogP contribution in [0.4, 0.5) is 0 Å². The van der Waals surface area contributed by atoms with Gasteiger partial charge in [-0.05, 0) is 0 Å². The molecule has 0 unspecified atom stereocenters. The zero-order chi connectivity index (χ0) is 5.82. The average molecular weight is 111 g/mol. The first-order chi connectivity index (χ1) is 3.93. The molecular weight excluding hydrogens is 102 g/mol. The van der Waals surface area contributed by atoms with Crippen LogP contribution in [0.3, 0.4) is 0 Å². The van der Waals surface area contributed by atoms with Gasteiger partial charge in [0.25, 0.3) is 0 Å². The first-order valence-corrected chi connectivity index (χ1v) is 2.64. The summed E-state index contributed by atoms with van der Waals surface area (Å²) in [5, 5.41) is 0. The van der Waals surface area contributed by atoms with E-state index in [4.69, 9.17) is 4.74 Å². The molecule has 1 rings (SSSR count). The lowest BCUT2D eigenvalue weighted by Crippen LogP contribution is -1.87. The number of methoxy groups -OCH3 is 1. The zero-order valence-electron chi connectivity index (χ0n) is 4.92. The maximum Gasteiger partial charge on any atom is 0.0880 e. The number of nitrogens with zero attached hydrogens (tertiary/aromatic N) is 1. The minimum absolute atomic E-state index is 0.649. The van der Waals surface area contributed by atoms with Gasteiger partial charge in [0.05, 0.1) is 12.3 Å². The second-order valence-corrected chi connectivity index (χ2v) is 1.68. The van der Waals surface area contributed by atoms with Crippen molar-refractivity contribution in [1.29, 1.82) is 0 Å². The molecule has 0 aliphatic carbocycles. The van der Waals surface area contributed by atoms with Crippen LogP contribution >= 0.6 is 0 Å². The lowest BCUT2D eigenvalue weighted by Gasteiger charge is -1.91. The fraction of sp³-hybridized carbons (Fsp3) is 0.500. The van der Waals surface area contributed by atoms with Crippen molar-refractivity contribution in [1.82, 2.24) is 0 Å². The fourth-order valence-electron chi connectivity index (χ4n) is 0.655. The molecule has 0 atom stereocenters. The third-order valence-corrected chi connectivity index (χ3v) is 1.01. The van der Waals surface area contributed by atoms with Crippen molar-refractivity contribution in [3.8, 4) is 0 Å². The van der Waals surface area contributed by atoms with Gasteiger partial charge in [0.15, 0.2) is 0 Å². The van der Waals surface area contributed by atoms with E-state index in [0.717, 1.165) is 12.1 Å². The van der Waals surface area contributed by atoms with E-state index in [2.05, 4.69) is 11.1 Å². The van der Waals surface area contributed by atoms with Crippen molar-refractivity contribution >= 4 is 6.21 Å². The summed E-state index contributed by atoms with van der Waals surface area (Å²) in [5.41, 5.74) is 1.05. The van der Waals surface area contributed by atoms with E-state index in [9.17, 15) is 0 Å². The Morgan fingerprint density at radius 1 is 1.88 bits per heavy atom. The minimum atomic E-state index is 0.649. The Kier molecular flexibility index (Phi) is 1.80. The first kappa shape index (κ1) is 5.51. The summed E-state index contributed by atoms with van der Waals surface area (Å²) in [7, 11) is 1.68. The van der Waals surface area contributed by atoms with Gasteiger partial charge >= 0.3 is 0 Å². The van der Waals surface area contributed by atoms with Crippen LogP contribution in [0.5, 0.6) is 0 Å². The molecule has 0 aromatic carbocycles. The van der Waals surface area contributed by atoms with Crippen LogP contribution in [0.15, 0.2) is 16.8 Å². The van der Waals surface area contributed by atoms with Crippen molar-refractivity contribution in [2.75, 3.05) is 13.7 Å². The van der Waals surface area contributed by atoms with E-state index in [0.29, 0.717) is 6.61 Å². The predicted molar refractivity (Wildman–Crippen MR) is 33.1 cm³/mol. The maximum absolute atomic E-state index is 4.84. The highest BCUT2D eigenvalue weighted by molar-refractivity contribution is 5.64. The SMILES string of the molecule is COCC1=CCC=N1. The quantitative estimate of drug-likeness (QED) is 0.520. The normalized spacial score (nSPS) is 16.9. The molecule has 0 N–H and O–H groups in total. The van der Waals surface area contributed by atoms with E-state index < -0.39 is 0 Å². The summed E-state index contributed by atoms with van der Waals surface area (Å²) in [6.45, 7) is 0.649. The van der Waals surface area contributed by atoms with E-state index in [1.54, 1.807) is 7.11 Å². The molecule has 1 heterocycles. The largest absolute Gasteiger partial charge is 0.378 e. The summed E-state index contributed by atoms with van der Waals surface area (Å²) in [6.07, 6.45) is 4.91. The van der Waals surface area contributed by atoms with Gasteiger partial charge in [0.1, 0.15) is 0 Å². The molecule has 0 bridgehead atoms. The number of rotatable bonds is 2. The van der Waals surface area contributed by atoms with Crippen molar-refractivity contribution in [2.24, 2.45) is 4.99 Å². The molecule has 0 spiro atoms. The summed E-state index contributed by atoms with van der Waals surface area (Å²) >= 11 is 0. The van der Waals surface area contributed by atoms with E-state index >= 15 is 0 Å². The van der Waals surface area contributed by atoms with Gasteiger partial charge in [-0.25, -0.2) is 0 Å². The Morgan fingerprint density at radius 3 is 3.25 bits per heavy atom. The number of ether oxygens (including phenoxy) is 1. The second-order valence-electron chi connectivity index (χ2n) is 1.68. The molecule has 0 fully saturated rings. The smallest absolute Gasteiger partial charge is 0.0880 e. The Hall–Kier alpha value is -0.630. The highest BCUT2D eigenvalue weighted by Crippen LogP contribution is 2.03. The lowest BCUT2D eigenvalue weighted by molar-refractivity contribution is 0.225. The van der Waals surface area contributed by atoms with Gasteiger partial charge < -0.3 is 4.74 Å². The first-order valence-electron chi connectivity index (χ1n) is 2.64.